The smallest absolute Gasteiger partial charge is 0.216 e. The van der Waals surface area contributed by atoms with Crippen molar-refractivity contribution < 1.29 is 8.42 Å². The highest BCUT2D eigenvalue weighted by Crippen LogP contribution is 2.26. The molecular weight excluding hydrogens is 212 g/mol. The van der Waals surface area contributed by atoms with Gasteiger partial charge in [0, 0.05) is 6.04 Å². The molecule has 0 amide bonds. The van der Waals surface area contributed by atoms with Gasteiger partial charge in [0.2, 0.25) is 10.0 Å². The zero-order chi connectivity index (χ0) is 11.7. The third-order valence-electron chi connectivity index (χ3n) is 3.07. The van der Waals surface area contributed by atoms with E-state index in [0.717, 1.165) is 19.3 Å². The largest absolute Gasteiger partial charge is 0.330 e. The van der Waals surface area contributed by atoms with Crippen molar-refractivity contribution in [1.82, 2.24) is 4.72 Å². The van der Waals surface area contributed by atoms with E-state index in [9.17, 15) is 8.42 Å². The van der Waals surface area contributed by atoms with Gasteiger partial charge in [-0.2, -0.15) is 0 Å². The van der Waals surface area contributed by atoms with E-state index in [-0.39, 0.29) is 6.04 Å². The summed E-state index contributed by atoms with van der Waals surface area (Å²) in [5, 5.41) is 0. The van der Waals surface area contributed by atoms with Crippen molar-refractivity contribution in [3.8, 4) is 0 Å². The molecule has 0 aromatic rings. The van der Waals surface area contributed by atoms with E-state index in [4.69, 9.17) is 5.73 Å². The fourth-order valence-corrected chi connectivity index (χ4v) is 2.91. The summed E-state index contributed by atoms with van der Waals surface area (Å²) < 4.78 is 25.9. The van der Waals surface area contributed by atoms with Gasteiger partial charge in [-0.25, -0.2) is 13.1 Å². The number of rotatable bonds is 3. The summed E-state index contributed by atoms with van der Waals surface area (Å²) in [5.41, 5.74) is 5.62. The molecule has 2 unspecified atom stereocenters. The van der Waals surface area contributed by atoms with Crippen LogP contribution in [0, 0.1) is 5.92 Å². The lowest BCUT2D eigenvalue weighted by Crippen LogP contribution is -2.47. The van der Waals surface area contributed by atoms with Gasteiger partial charge in [-0.05, 0) is 46.1 Å². The van der Waals surface area contributed by atoms with Crippen LogP contribution in [-0.4, -0.2) is 25.8 Å². The molecule has 0 radical (unpaired) electrons. The van der Waals surface area contributed by atoms with Crippen molar-refractivity contribution in [2.75, 3.05) is 6.54 Å². The number of hydrogen-bond donors (Lipinski definition) is 2. The summed E-state index contributed by atoms with van der Waals surface area (Å²) in [6, 6.07) is 0.0409. The van der Waals surface area contributed by atoms with Gasteiger partial charge < -0.3 is 5.73 Å². The Labute approximate surface area is 92.7 Å². The van der Waals surface area contributed by atoms with Gasteiger partial charge in [0.1, 0.15) is 0 Å². The monoisotopic (exact) mass is 234 g/mol. The summed E-state index contributed by atoms with van der Waals surface area (Å²) in [7, 11) is -3.23. The van der Waals surface area contributed by atoms with Crippen LogP contribution in [0.2, 0.25) is 0 Å². The molecule has 0 aliphatic heterocycles. The first-order valence-electron chi connectivity index (χ1n) is 5.50. The van der Waals surface area contributed by atoms with Crippen LogP contribution in [0.15, 0.2) is 0 Å². The van der Waals surface area contributed by atoms with Crippen molar-refractivity contribution in [2.24, 2.45) is 11.7 Å². The predicted molar refractivity (Wildman–Crippen MR) is 62.0 cm³/mol. The Morgan fingerprint density at radius 2 is 1.93 bits per heavy atom. The Bertz CT molecular complexity index is 306. The first kappa shape index (κ1) is 12.9. The molecule has 1 saturated carbocycles. The van der Waals surface area contributed by atoms with Gasteiger partial charge in [0.05, 0.1) is 4.75 Å². The molecule has 90 valence electrons. The summed E-state index contributed by atoms with van der Waals surface area (Å²) in [6.45, 7) is 5.70. The molecule has 3 N–H and O–H groups in total. The van der Waals surface area contributed by atoms with Gasteiger partial charge in [0.15, 0.2) is 0 Å². The molecule has 1 aliphatic carbocycles. The van der Waals surface area contributed by atoms with Crippen LogP contribution in [-0.2, 0) is 10.0 Å². The summed E-state index contributed by atoms with van der Waals surface area (Å²) in [6.07, 6.45) is 3.02. The topological polar surface area (TPSA) is 72.2 Å². The number of hydrogen-bond acceptors (Lipinski definition) is 3. The first-order valence-corrected chi connectivity index (χ1v) is 6.98. The molecule has 15 heavy (non-hydrogen) atoms. The normalized spacial score (nSPS) is 28.3. The van der Waals surface area contributed by atoms with E-state index >= 15 is 0 Å². The molecule has 0 saturated heterocycles. The summed E-state index contributed by atoms with van der Waals surface area (Å²) >= 11 is 0. The van der Waals surface area contributed by atoms with Gasteiger partial charge in [-0.1, -0.05) is 6.42 Å². The van der Waals surface area contributed by atoms with E-state index in [1.54, 1.807) is 20.8 Å². The molecule has 1 rings (SSSR count). The van der Waals surface area contributed by atoms with Crippen LogP contribution in [0.5, 0.6) is 0 Å². The molecule has 0 aromatic carbocycles. The molecule has 1 aliphatic rings. The van der Waals surface area contributed by atoms with E-state index in [1.165, 1.54) is 0 Å². The Morgan fingerprint density at radius 3 is 2.40 bits per heavy atom. The van der Waals surface area contributed by atoms with Crippen LogP contribution >= 0.6 is 0 Å². The maximum Gasteiger partial charge on any atom is 0.216 e. The van der Waals surface area contributed by atoms with Crippen LogP contribution in [0.25, 0.3) is 0 Å². The van der Waals surface area contributed by atoms with E-state index in [1.807, 2.05) is 0 Å². The fraction of sp³-hybridized carbons (Fsp3) is 1.00. The van der Waals surface area contributed by atoms with Gasteiger partial charge in [-0.15, -0.1) is 0 Å². The van der Waals surface area contributed by atoms with Gasteiger partial charge in [-0.3, -0.25) is 0 Å². The number of nitrogens with one attached hydrogen (secondary N) is 1. The van der Waals surface area contributed by atoms with Crippen molar-refractivity contribution in [1.29, 1.82) is 0 Å². The number of nitrogens with two attached hydrogens (primary N) is 1. The Kier molecular flexibility index (Phi) is 3.79. The second-order valence-electron chi connectivity index (χ2n) is 5.27. The maximum atomic E-state index is 11.9. The molecule has 0 spiro atoms. The highest BCUT2D eigenvalue weighted by atomic mass is 32.2. The van der Waals surface area contributed by atoms with E-state index in [2.05, 4.69) is 4.72 Å². The molecule has 0 heterocycles. The summed E-state index contributed by atoms with van der Waals surface area (Å²) in [5.74, 6) is 0.308. The molecule has 0 aromatic heterocycles. The third-order valence-corrected chi connectivity index (χ3v) is 5.30. The van der Waals surface area contributed by atoms with Crippen LogP contribution in [0.1, 0.15) is 40.0 Å². The Morgan fingerprint density at radius 1 is 1.33 bits per heavy atom. The second kappa shape index (κ2) is 4.39. The molecule has 2 atom stereocenters. The average molecular weight is 234 g/mol. The van der Waals surface area contributed by atoms with Gasteiger partial charge >= 0.3 is 0 Å². The minimum atomic E-state index is -3.23. The molecule has 5 heteroatoms. The van der Waals surface area contributed by atoms with Crippen molar-refractivity contribution in [3.05, 3.63) is 0 Å². The number of sulfonamides is 1. The average Bonchev–Trinajstić information content (AvgIpc) is 2.48. The minimum absolute atomic E-state index is 0.0409. The third kappa shape index (κ3) is 2.92. The molecule has 4 nitrogen and oxygen atoms in total. The summed E-state index contributed by atoms with van der Waals surface area (Å²) in [4.78, 5) is 0. The lowest BCUT2D eigenvalue weighted by molar-refractivity contribution is 0.444. The second-order valence-corrected chi connectivity index (χ2v) is 7.73. The fourth-order valence-electron chi connectivity index (χ4n) is 1.85. The lowest BCUT2D eigenvalue weighted by atomic mass is 10.1. The van der Waals surface area contributed by atoms with Crippen molar-refractivity contribution >= 4 is 10.0 Å². The van der Waals surface area contributed by atoms with Crippen LogP contribution in [0.4, 0.5) is 0 Å². The first-order chi connectivity index (χ1) is 6.78. The van der Waals surface area contributed by atoms with E-state index < -0.39 is 14.8 Å². The zero-order valence-electron chi connectivity index (χ0n) is 9.79. The predicted octanol–water partition coefficient (Wildman–Crippen LogP) is 0.832. The van der Waals surface area contributed by atoms with E-state index in [0.29, 0.717) is 12.5 Å². The zero-order valence-corrected chi connectivity index (χ0v) is 10.6. The van der Waals surface area contributed by atoms with Gasteiger partial charge in [0.25, 0.3) is 0 Å². The van der Waals surface area contributed by atoms with Crippen LogP contribution in [0.3, 0.4) is 0 Å². The lowest BCUT2D eigenvalue weighted by Gasteiger charge is -2.25. The Hall–Kier alpha value is -0.130. The Balaban J connectivity index is 2.70. The molecule has 1 fully saturated rings. The molecule has 0 bridgehead atoms. The highest BCUT2D eigenvalue weighted by Gasteiger charge is 2.35. The molecular formula is C10H22N2O2S. The quantitative estimate of drug-likeness (QED) is 0.760. The SMILES string of the molecule is CC(C)(C)S(=O)(=O)NC1CCCC1CN. The standard InChI is InChI=1S/C10H22N2O2S/c1-10(2,3)15(13,14)12-9-6-4-5-8(9)7-11/h8-9,12H,4-7,11H2,1-3H3. The van der Waals surface area contributed by atoms with Crippen molar-refractivity contribution in [2.45, 2.75) is 50.8 Å². The van der Waals surface area contributed by atoms with Crippen molar-refractivity contribution in [3.63, 3.8) is 0 Å². The minimum Gasteiger partial charge on any atom is -0.330 e. The van der Waals surface area contributed by atoms with Crippen LogP contribution < -0.4 is 10.5 Å². The highest BCUT2D eigenvalue weighted by molar-refractivity contribution is 7.90. The maximum absolute atomic E-state index is 11.9.